The van der Waals surface area contributed by atoms with Crippen molar-refractivity contribution in [2.75, 3.05) is 11.9 Å². The largest absolute Gasteiger partial charge is 0.462 e. The third kappa shape index (κ3) is 3.23. The molecule has 0 saturated carbocycles. The van der Waals surface area contributed by atoms with Gasteiger partial charge in [-0.3, -0.25) is 4.79 Å². The molecule has 6 heteroatoms. The molecule has 0 bridgehead atoms. The van der Waals surface area contributed by atoms with Crippen molar-refractivity contribution in [1.82, 2.24) is 5.16 Å². The number of nitrogens with one attached hydrogen (secondary N) is 1. The number of rotatable bonds is 4. The van der Waals surface area contributed by atoms with E-state index in [1.54, 1.807) is 44.2 Å². The summed E-state index contributed by atoms with van der Waals surface area (Å²) < 4.78 is 9.70. The van der Waals surface area contributed by atoms with E-state index in [0.717, 1.165) is 0 Å². The Balaban J connectivity index is 2.04. The first kappa shape index (κ1) is 13.8. The molecule has 6 nitrogen and oxygen atoms in total. The van der Waals surface area contributed by atoms with Crippen LogP contribution in [-0.2, 0) is 4.74 Å². The molecule has 0 spiro atoms. The van der Waals surface area contributed by atoms with Gasteiger partial charge in [0.15, 0.2) is 5.69 Å². The van der Waals surface area contributed by atoms with Crippen LogP contribution < -0.4 is 5.32 Å². The number of amides is 1. The molecule has 1 N–H and O–H groups in total. The number of carbonyl (C=O) groups excluding carboxylic acids is 2. The number of hydrogen-bond donors (Lipinski definition) is 1. The summed E-state index contributed by atoms with van der Waals surface area (Å²) in [6.07, 6.45) is 0. The molecule has 1 heterocycles. The van der Waals surface area contributed by atoms with Crippen molar-refractivity contribution in [2.24, 2.45) is 0 Å². The third-order valence-corrected chi connectivity index (χ3v) is 2.51. The van der Waals surface area contributed by atoms with E-state index >= 15 is 0 Å². The Hall–Kier alpha value is -2.63. The second-order valence-corrected chi connectivity index (χ2v) is 4.07. The van der Waals surface area contributed by atoms with Crippen LogP contribution in [0.2, 0.25) is 0 Å². The summed E-state index contributed by atoms with van der Waals surface area (Å²) in [5, 5.41) is 6.28. The Morgan fingerprint density at radius 1 is 1.30 bits per heavy atom. The second-order valence-electron chi connectivity index (χ2n) is 4.07. The number of ether oxygens (including phenoxy) is 1. The highest BCUT2D eigenvalue weighted by Gasteiger charge is 2.11. The van der Waals surface area contributed by atoms with Gasteiger partial charge in [0.05, 0.1) is 12.2 Å². The van der Waals surface area contributed by atoms with Gasteiger partial charge in [-0.15, -0.1) is 0 Å². The molecule has 2 rings (SSSR count). The SMILES string of the molecule is CCOC(=O)c1ccc(NC(=O)c2cc(C)on2)cc1. The first-order valence-corrected chi connectivity index (χ1v) is 6.12. The van der Waals surface area contributed by atoms with E-state index < -0.39 is 5.97 Å². The highest BCUT2D eigenvalue weighted by Crippen LogP contribution is 2.12. The number of aromatic nitrogens is 1. The monoisotopic (exact) mass is 274 g/mol. The van der Waals surface area contributed by atoms with E-state index in [4.69, 9.17) is 9.26 Å². The predicted molar refractivity (Wildman–Crippen MR) is 71.6 cm³/mol. The first-order chi connectivity index (χ1) is 9.60. The van der Waals surface area contributed by atoms with E-state index in [2.05, 4.69) is 10.5 Å². The molecule has 0 aliphatic heterocycles. The van der Waals surface area contributed by atoms with Crippen molar-refractivity contribution < 1.29 is 18.8 Å². The fraction of sp³-hybridized carbons (Fsp3) is 0.214. The van der Waals surface area contributed by atoms with Gasteiger partial charge < -0.3 is 14.6 Å². The fourth-order valence-electron chi connectivity index (χ4n) is 1.57. The maximum absolute atomic E-state index is 11.8. The van der Waals surface area contributed by atoms with Crippen molar-refractivity contribution in [2.45, 2.75) is 13.8 Å². The second kappa shape index (κ2) is 6.01. The van der Waals surface area contributed by atoms with E-state index in [1.165, 1.54) is 0 Å². The molecular weight excluding hydrogens is 260 g/mol. The van der Waals surface area contributed by atoms with Crippen molar-refractivity contribution in [3.05, 3.63) is 47.3 Å². The summed E-state index contributed by atoms with van der Waals surface area (Å²) >= 11 is 0. The van der Waals surface area contributed by atoms with E-state index in [0.29, 0.717) is 23.6 Å². The molecule has 1 aromatic heterocycles. The highest BCUT2D eigenvalue weighted by molar-refractivity contribution is 6.03. The number of nitrogens with zero attached hydrogens (tertiary/aromatic N) is 1. The van der Waals surface area contributed by atoms with Crippen LogP contribution in [0, 0.1) is 6.92 Å². The van der Waals surface area contributed by atoms with Crippen molar-refractivity contribution in [3.8, 4) is 0 Å². The van der Waals surface area contributed by atoms with Crippen molar-refractivity contribution >= 4 is 17.6 Å². The van der Waals surface area contributed by atoms with Crippen molar-refractivity contribution in [1.29, 1.82) is 0 Å². The topological polar surface area (TPSA) is 81.4 Å². The lowest BCUT2D eigenvalue weighted by molar-refractivity contribution is 0.0526. The van der Waals surface area contributed by atoms with Crippen LogP contribution in [0.5, 0.6) is 0 Å². The summed E-state index contributed by atoms with van der Waals surface area (Å²) in [4.78, 5) is 23.3. The van der Waals surface area contributed by atoms with Crippen LogP contribution in [0.25, 0.3) is 0 Å². The van der Waals surface area contributed by atoms with Gasteiger partial charge >= 0.3 is 5.97 Å². The number of benzene rings is 1. The number of carbonyl (C=O) groups is 2. The van der Waals surface area contributed by atoms with Gasteiger partial charge in [0, 0.05) is 11.8 Å². The zero-order valence-electron chi connectivity index (χ0n) is 11.2. The zero-order chi connectivity index (χ0) is 14.5. The predicted octanol–water partition coefficient (Wildman–Crippen LogP) is 2.41. The number of anilines is 1. The first-order valence-electron chi connectivity index (χ1n) is 6.12. The Kier molecular flexibility index (Phi) is 4.14. The molecule has 20 heavy (non-hydrogen) atoms. The zero-order valence-corrected chi connectivity index (χ0v) is 11.2. The van der Waals surface area contributed by atoms with Gasteiger partial charge in [0.2, 0.25) is 0 Å². The molecule has 0 fully saturated rings. The molecule has 1 amide bonds. The lowest BCUT2D eigenvalue weighted by atomic mass is 10.2. The Bertz CT molecular complexity index is 616. The lowest BCUT2D eigenvalue weighted by Gasteiger charge is -2.04. The molecule has 0 aliphatic rings. The van der Waals surface area contributed by atoms with E-state index in [9.17, 15) is 9.59 Å². The van der Waals surface area contributed by atoms with E-state index in [-0.39, 0.29) is 11.6 Å². The van der Waals surface area contributed by atoms with Gasteiger partial charge in [0.25, 0.3) is 5.91 Å². The smallest absolute Gasteiger partial charge is 0.338 e. The molecule has 0 saturated heterocycles. The maximum Gasteiger partial charge on any atom is 0.338 e. The minimum absolute atomic E-state index is 0.206. The van der Waals surface area contributed by atoms with Crippen LogP contribution in [0.3, 0.4) is 0 Å². The maximum atomic E-state index is 11.8. The van der Waals surface area contributed by atoms with Gasteiger partial charge in [-0.05, 0) is 38.1 Å². The lowest BCUT2D eigenvalue weighted by Crippen LogP contribution is -2.12. The van der Waals surface area contributed by atoms with Crippen LogP contribution >= 0.6 is 0 Å². The highest BCUT2D eigenvalue weighted by atomic mass is 16.5. The van der Waals surface area contributed by atoms with Crippen LogP contribution in [-0.4, -0.2) is 23.6 Å². The summed E-state index contributed by atoms with van der Waals surface area (Å²) in [6.45, 7) is 3.77. The van der Waals surface area contributed by atoms with Gasteiger partial charge in [-0.1, -0.05) is 5.16 Å². The molecule has 0 aliphatic carbocycles. The summed E-state index contributed by atoms with van der Waals surface area (Å²) in [6, 6.07) is 7.96. The normalized spacial score (nSPS) is 10.1. The average Bonchev–Trinajstić information content (AvgIpc) is 2.86. The minimum atomic E-state index is -0.391. The minimum Gasteiger partial charge on any atom is -0.462 e. The molecule has 104 valence electrons. The summed E-state index contributed by atoms with van der Waals surface area (Å²) in [7, 11) is 0. The molecule has 0 atom stereocenters. The third-order valence-electron chi connectivity index (χ3n) is 2.51. The Labute approximate surface area is 115 Å². The molecule has 1 aromatic carbocycles. The summed E-state index contributed by atoms with van der Waals surface area (Å²) in [5.74, 6) is -0.198. The summed E-state index contributed by atoms with van der Waals surface area (Å²) in [5.41, 5.74) is 1.20. The molecule has 0 radical (unpaired) electrons. The Morgan fingerprint density at radius 2 is 2.00 bits per heavy atom. The quantitative estimate of drug-likeness (QED) is 0.866. The number of esters is 1. The van der Waals surface area contributed by atoms with Gasteiger partial charge in [-0.2, -0.15) is 0 Å². The van der Waals surface area contributed by atoms with Crippen LogP contribution in [0.15, 0.2) is 34.9 Å². The molecule has 2 aromatic rings. The van der Waals surface area contributed by atoms with E-state index in [1.807, 2.05) is 0 Å². The van der Waals surface area contributed by atoms with Crippen LogP contribution in [0.1, 0.15) is 33.5 Å². The van der Waals surface area contributed by atoms with Gasteiger partial charge in [-0.25, -0.2) is 4.79 Å². The number of hydrogen-bond acceptors (Lipinski definition) is 5. The standard InChI is InChI=1S/C14H14N2O4/c1-3-19-14(18)10-4-6-11(7-5-10)15-13(17)12-8-9(2)20-16-12/h4-8H,3H2,1-2H3,(H,15,17). The van der Waals surface area contributed by atoms with Crippen LogP contribution in [0.4, 0.5) is 5.69 Å². The fourth-order valence-corrected chi connectivity index (χ4v) is 1.57. The van der Waals surface area contributed by atoms with Crippen molar-refractivity contribution in [3.63, 3.8) is 0 Å². The number of aryl methyl sites for hydroxylation is 1. The Morgan fingerprint density at radius 3 is 2.55 bits per heavy atom. The molecular formula is C14H14N2O4. The van der Waals surface area contributed by atoms with Gasteiger partial charge in [0.1, 0.15) is 5.76 Å². The molecule has 0 unspecified atom stereocenters. The average molecular weight is 274 g/mol.